The van der Waals surface area contributed by atoms with E-state index in [0.29, 0.717) is 0 Å². The van der Waals surface area contributed by atoms with Crippen molar-refractivity contribution >= 4 is 27.8 Å². The summed E-state index contributed by atoms with van der Waals surface area (Å²) in [5.41, 5.74) is 2.00. The van der Waals surface area contributed by atoms with Crippen molar-refractivity contribution in [3.05, 3.63) is 30.2 Å². The topological polar surface area (TPSA) is 63.6 Å². The van der Waals surface area contributed by atoms with Crippen molar-refractivity contribution in [2.24, 2.45) is 0 Å². The minimum absolute atomic E-state index is 0.811. The van der Waals surface area contributed by atoms with E-state index in [0.717, 1.165) is 31.3 Å². The van der Waals surface area contributed by atoms with E-state index in [1.165, 1.54) is 11.3 Å². The summed E-state index contributed by atoms with van der Waals surface area (Å²) >= 11 is 3.15. The van der Waals surface area contributed by atoms with E-state index < -0.39 is 0 Å². The molecule has 0 aromatic carbocycles. The van der Waals surface area contributed by atoms with Crippen molar-refractivity contribution in [2.75, 3.05) is 12.4 Å². The maximum absolute atomic E-state index is 4.59. The van der Waals surface area contributed by atoms with Crippen molar-refractivity contribution in [1.82, 2.24) is 20.2 Å². The Morgan fingerprint density at radius 2 is 2.05 bits per heavy atom. The molecule has 3 aromatic heterocycles. The van der Waals surface area contributed by atoms with Gasteiger partial charge in [-0.25, -0.2) is 4.98 Å². The first-order valence-corrected chi connectivity index (χ1v) is 7.30. The zero-order valence-electron chi connectivity index (χ0n) is 10.4. The third-order valence-electron chi connectivity index (χ3n) is 2.54. The highest BCUT2D eigenvalue weighted by Crippen LogP contribution is 2.36. The summed E-state index contributed by atoms with van der Waals surface area (Å²) in [7, 11) is 1.84. The number of nitrogens with one attached hydrogen (secondary N) is 1. The minimum atomic E-state index is 0.811. The fraction of sp³-hybridized carbons (Fsp3) is 0.167. The number of anilines is 1. The number of nitrogens with zero attached hydrogens (tertiary/aromatic N) is 4. The second-order valence-electron chi connectivity index (χ2n) is 3.84. The van der Waals surface area contributed by atoms with Crippen LogP contribution in [0.4, 0.5) is 5.13 Å². The monoisotopic (exact) mass is 289 g/mol. The van der Waals surface area contributed by atoms with Crippen LogP contribution in [0, 0.1) is 6.92 Å². The van der Waals surface area contributed by atoms with E-state index in [9.17, 15) is 0 Å². The maximum Gasteiger partial charge on any atom is 0.205 e. The molecule has 0 unspecified atom stereocenters. The summed E-state index contributed by atoms with van der Waals surface area (Å²) in [6.07, 6.45) is 3.58. The number of pyridine rings is 1. The van der Waals surface area contributed by atoms with Gasteiger partial charge in [-0.3, -0.25) is 4.98 Å². The Kier molecular flexibility index (Phi) is 3.22. The first-order valence-electron chi connectivity index (χ1n) is 5.67. The van der Waals surface area contributed by atoms with E-state index in [2.05, 4.69) is 25.5 Å². The summed E-state index contributed by atoms with van der Waals surface area (Å²) < 4.78 is 0. The molecule has 0 saturated heterocycles. The smallest absolute Gasteiger partial charge is 0.205 e. The van der Waals surface area contributed by atoms with Gasteiger partial charge in [-0.1, -0.05) is 11.3 Å². The predicted octanol–water partition coefficient (Wildman–Crippen LogP) is 3.07. The lowest BCUT2D eigenvalue weighted by molar-refractivity contribution is 1.09. The summed E-state index contributed by atoms with van der Waals surface area (Å²) in [6.45, 7) is 1.99. The van der Waals surface area contributed by atoms with Crippen LogP contribution in [0.2, 0.25) is 0 Å². The average molecular weight is 289 g/mol. The quantitative estimate of drug-likeness (QED) is 0.802. The molecule has 0 aliphatic carbocycles. The van der Waals surface area contributed by atoms with Gasteiger partial charge < -0.3 is 5.32 Å². The van der Waals surface area contributed by atoms with Crippen LogP contribution in [-0.4, -0.2) is 27.2 Å². The molecule has 5 nitrogen and oxygen atoms in total. The number of hydrogen-bond acceptors (Lipinski definition) is 7. The number of hydrogen-bond donors (Lipinski definition) is 1. The largest absolute Gasteiger partial charge is 0.363 e. The van der Waals surface area contributed by atoms with Crippen molar-refractivity contribution < 1.29 is 0 Å². The van der Waals surface area contributed by atoms with Crippen LogP contribution < -0.4 is 5.32 Å². The highest BCUT2D eigenvalue weighted by atomic mass is 32.1. The molecule has 0 spiro atoms. The Morgan fingerprint density at radius 3 is 2.74 bits per heavy atom. The van der Waals surface area contributed by atoms with E-state index in [4.69, 9.17) is 0 Å². The van der Waals surface area contributed by atoms with Crippen LogP contribution in [0.25, 0.3) is 20.5 Å². The Labute approximate surface area is 118 Å². The molecule has 0 aliphatic heterocycles. The van der Waals surface area contributed by atoms with E-state index in [-0.39, 0.29) is 0 Å². The highest BCUT2D eigenvalue weighted by molar-refractivity contribution is 7.24. The molecule has 0 fully saturated rings. The van der Waals surface area contributed by atoms with Crippen LogP contribution >= 0.6 is 22.7 Å². The van der Waals surface area contributed by atoms with Crippen molar-refractivity contribution in [1.29, 1.82) is 0 Å². The number of aromatic nitrogens is 4. The zero-order valence-corrected chi connectivity index (χ0v) is 12.0. The molecule has 3 aromatic rings. The summed E-state index contributed by atoms with van der Waals surface area (Å²) in [6, 6.07) is 3.92. The lowest BCUT2D eigenvalue weighted by Crippen LogP contribution is -1.84. The molecular formula is C12H11N5S2. The zero-order chi connectivity index (χ0) is 13.2. The molecule has 0 amide bonds. The molecule has 19 heavy (non-hydrogen) atoms. The molecule has 3 heterocycles. The molecule has 0 bridgehead atoms. The SMILES string of the molecule is CNc1nnc(-c2sc(-c3cccnc3)nc2C)s1. The van der Waals surface area contributed by atoms with Gasteiger partial charge in [-0.05, 0) is 19.1 Å². The van der Waals surface area contributed by atoms with Crippen LogP contribution in [-0.2, 0) is 0 Å². The van der Waals surface area contributed by atoms with Crippen molar-refractivity contribution in [3.8, 4) is 20.5 Å². The van der Waals surface area contributed by atoms with E-state index in [1.54, 1.807) is 17.5 Å². The maximum atomic E-state index is 4.59. The van der Waals surface area contributed by atoms with E-state index in [1.807, 2.05) is 32.3 Å². The Morgan fingerprint density at radius 1 is 1.16 bits per heavy atom. The van der Waals surface area contributed by atoms with Crippen LogP contribution in [0.5, 0.6) is 0 Å². The fourth-order valence-corrected chi connectivity index (χ4v) is 3.50. The minimum Gasteiger partial charge on any atom is -0.363 e. The number of thiazole rings is 1. The normalized spacial score (nSPS) is 10.6. The van der Waals surface area contributed by atoms with Crippen LogP contribution in [0.15, 0.2) is 24.5 Å². The molecule has 0 radical (unpaired) electrons. The lowest BCUT2D eigenvalue weighted by Gasteiger charge is -1.92. The second-order valence-corrected chi connectivity index (χ2v) is 5.81. The molecule has 0 aliphatic rings. The van der Waals surface area contributed by atoms with Gasteiger partial charge >= 0.3 is 0 Å². The molecular weight excluding hydrogens is 278 g/mol. The van der Waals surface area contributed by atoms with Crippen molar-refractivity contribution in [2.45, 2.75) is 6.92 Å². The average Bonchev–Trinajstić information content (AvgIpc) is 3.06. The van der Waals surface area contributed by atoms with Gasteiger partial charge in [0.1, 0.15) is 5.01 Å². The molecule has 0 atom stereocenters. The lowest BCUT2D eigenvalue weighted by atomic mass is 10.3. The molecule has 0 saturated carbocycles. The van der Waals surface area contributed by atoms with E-state index >= 15 is 0 Å². The second kappa shape index (κ2) is 5.02. The van der Waals surface area contributed by atoms with Crippen molar-refractivity contribution in [3.63, 3.8) is 0 Å². The van der Waals surface area contributed by atoms with Gasteiger partial charge in [0, 0.05) is 25.0 Å². The van der Waals surface area contributed by atoms with Gasteiger partial charge in [0.2, 0.25) is 5.13 Å². The predicted molar refractivity (Wildman–Crippen MR) is 78.5 cm³/mol. The third kappa shape index (κ3) is 2.34. The van der Waals surface area contributed by atoms with Gasteiger partial charge in [0.25, 0.3) is 0 Å². The third-order valence-corrected chi connectivity index (χ3v) is 4.84. The highest BCUT2D eigenvalue weighted by Gasteiger charge is 2.15. The van der Waals surface area contributed by atoms with Crippen LogP contribution in [0.1, 0.15) is 5.69 Å². The summed E-state index contributed by atoms with van der Waals surface area (Å²) in [4.78, 5) is 9.78. The number of rotatable bonds is 3. The molecule has 96 valence electrons. The van der Waals surface area contributed by atoms with Gasteiger partial charge in [-0.2, -0.15) is 0 Å². The first kappa shape index (κ1) is 12.2. The standard InChI is InChI=1S/C12H11N5S2/c1-7-9(11-16-17-12(13-2)19-11)18-10(15-7)8-4-3-5-14-6-8/h3-6H,1-2H3,(H,13,17). The van der Waals surface area contributed by atoms with Gasteiger partial charge in [0.15, 0.2) is 5.01 Å². The van der Waals surface area contributed by atoms with Gasteiger partial charge in [-0.15, -0.1) is 21.5 Å². The fourth-order valence-electron chi connectivity index (χ4n) is 1.62. The summed E-state index contributed by atoms with van der Waals surface area (Å²) in [5, 5.41) is 13.9. The molecule has 7 heteroatoms. The van der Waals surface area contributed by atoms with Crippen LogP contribution in [0.3, 0.4) is 0 Å². The first-order chi connectivity index (χ1) is 9.28. The Hall–Kier alpha value is -1.86. The number of aryl methyl sites for hydroxylation is 1. The van der Waals surface area contributed by atoms with Gasteiger partial charge in [0.05, 0.1) is 10.6 Å². The summed E-state index contributed by atoms with van der Waals surface area (Å²) in [5.74, 6) is 0. The Balaban J connectivity index is 2.02. The Bertz CT molecular complexity index is 689. The molecule has 3 rings (SSSR count). The molecule has 1 N–H and O–H groups in total.